The number of benzene rings is 4. The predicted octanol–water partition coefficient (Wildman–Crippen LogP) is 4.21. The number of fused-ring (bicyclic) bond motifs is 2. The largest absolute Gasteiger partial charge is 0.497 e. The molecule has 4 fully saturated rings. The minimum atomic E-state index is -5.37. The molecule has 1 unspecified atom stereocenters. The Labute approximate surface area is 511 Å². The second-order valence-corrected chi connectivity index (χ2v) is 22.6. The lowest BCUT2D eigenvalue weighted by Gasteiger charge is -2.41. The topological polar surface area (TPSA) is 329 Å². The first-order valence-electron chi connectivity index (χ1n) is 28.3. The molecule has 0 spiro atoms. The van der Waals surface area contributed by atoms with Gasteiger partial charge in [-0.3, -0.25) is 51.6 Å². The van der Waals surface area contributed by atoms with Crippen LogP contribution in [0.25, 0.3) is 11.2 Å². The number of methoxy groups -OCH3 is 5. The number of phosphoric ester groups is 1. The summed E-state index contributed by atoms with van der Waals surface area (Å²) in [6.45, 7) is -1.36. The number of hydrogen-bond acceptors (Lipinski definition) is 23. The molecule has 30 heteroatoms. The van der Waals surface area contributed by atoms with Crippen LogP contribution in [0.15, 0.2) is 166 Å². The molecule has 4 saturated heterocycles. The molecule has 0 bridgehead atoms. The van der Waals surface area contributed by atoms with Crippen LogP contribution in [0.2, 0.25) is 0 Å². The summed E-state index contributed by atoms with van der Waals surface area (Å²) in [5.41, 5.74) is -2.39. The second kappa shape index (κ2) is 26.6. The Morgan fingerprint density at radius 1 is 0.600 bits per heavy atom. The molecule has 0 saturated carbocycles. The van der Waals surface area contributed by atoms with Gasteiger partial charge >= 0.3 is 19.2 Å². The number of ether oxygens (including phenoxy) is 11. The number of anilines is 1. The number of H-pyrrole nitrogens is 2. The molecule has 13 atom stereocenters. The average molecular weight is 1260 g/mol. The van der Waals surface area contributed by atoms with Crippen molar-refractivity contribution in [3.8, 4) is 11.5 Å². The summed E-state index contributed by atoms with van der Waals surface area (Å²) in [6, 6.07) is 34.2. The summed E-state index contributed by atoms with van der Waals surface area (Å²) >= 11 is 0. The Morgan fingerprint density at radius 3 is 1.69 bits per heavy atom. The van der Waals surface area contributed by atoms with Crippen molar-refractivity contribution >= 4 is 30.7 Å². The highest BCUT2D eigenvalue weighted by molar-refractivity contribution is 7.48. The van der Waals surface area contributed by atoms with Gasteiger partial charge in [-0.25, -0.2) is 29.1 Å². The number of carbonyl (C=O) groups is 1. The van der Waals surface area contributed by atoms with Gasteiger partial charge in [0.15, 0.2) is 35.7 Å². The minimum absolute atomic E-state index is 0.122. The van der Waals surface area contributed by atoms with Crippen molar-refractivity contribution in [2.24, 2.45) is 0 Å². The van der Waals surface area contributed by atoms with Crippen molar-refractivity contribution in [3.05, 3.63) is 210 Å². The van der Waals surface area contributed by atoms with Gasteiger partial charge in [-0.1, -0.05) is 72.8 Å². The van der Waals surface area contributed by atoms with Crippen LogP contribution in [0.1, 0.15) is 45.7 Å². The summed E-state index contributed by atoms with van der Waals surface area (Å²) in [7, 11) is 1.78. The van der Waals surface area contributed by atoms with Crippen LogP contribution in [0.5, 0.6) is 11.5 Å². The number of aromatic amines is 2. The summed E-state index contributed by atoms with van der Waals surface area (Å²) in [5.74, 6) is 0.723. The van der Waals surface area contributed by atoms with E-state index in [0.29, 0.717) is 33.8 Å². The number of rotatable bonds is 24. The Morgan fingerprint density at radius 2 is 1.13 bits per heavy atom. The summed E-state index contributed by atoms with van der Waals surface area (Å²) in [6.07, 6.45) is -10.2. The number of phosphoric acid groups is 1. The smallest absolute Gasteiger partial charge is 0.475 e. The molecule has 3 N–H and O–H groups in total. The molecule has 0 aliphatic carbocycles. The Kier molecular flexibility index (Phi) is 18.3. The number of hydrogen-bond donors (Lipinski definition) is 3. The van der Waals surface area contributed by atoms with E-state index in [-0.39, 0.29) is 37.0 Å². The number of nitrogens with one attached hydrogen (secondary N) is 3. The third-order valence-corrected chi connectivity index (χ3v) is 17.3. The SMILES string of the molecule is COC[C@H]1O[C@@H](n2ccc(=O)[nH]c2=O)[C@H](OC)[C@@H]1OP(=O)(OC[C@H]1O[C@@H](n2cnc3c(NC(=O)c4ccccc4)ncnc32)[C@@H]2OCO[C@@H]21)O[C@H]1[C@@H](OC(c2ccccc2)(c2ccc(OC)cc2)c2ccc(OC)cc2)[C@H](n2ccc(=O)[nH]c2=O)O[C@@H]1COC. The predicted molar refractivity (Wildman–Crippen MR) is 314 cm³/mol. The molecule has 8 aromatic rings. The van der Waals surface area contributed by atoms with E-state index < -0.39 is 122 Å². The maximum absolute atomic E-state index is 16.8. The van der Waals surface area contributed by atoms with Crippen molar-refractivity contribution in [3.63, 3.8) is 0 Å². The molecular weight excluding hydrogens is 1200 g/mol. The summed E-state index contributed by atoms with van der Waals surface area (Å²) in [5, 5.41) is 2.80. The van der Waals surface area contributed by atoms with Gasteiger partial charge in [-0.05, 0) is 53.1 Å². The van der Waals surface area contributed by atoms with Crippen LogP contribution in [-0.2, 0) is 66.4 Å². The highest BCUT2D eigenvalue weighted by atomic mass is 31.2. The fourth-order valence-electron chi connectivity index (χ4n) is 11.7. The normalized spacial score (nSPS) is 25.5. The fourth-order valence-corrected chi connectivity index (χ4v) is 13.3. The van der Waals surface area contributed by atoms with Crippen LogP contribution < -0.4 is 37.3 Å². The minimum Gasteiger partial charge on any atom is -0.497 e. The van der Waals surface area contributed by atoms with E-state index in [2.05, 4.69) is 30.2 Å². The van der Waals surface area contributed by atoms with E-state index in [1.54, 1.807) is 83.4 Å². The molecule has 472 valence electrons. The van der Waals surface area contributed by atoms with E-state index in [1.807, 2.05) is 30.3 Å². The molecule has 0 radical (unpaired) electrons. The van der Waals surface area contributed by atoms with Crippen LogP contribution in [0, 0.1) is 0 Å². The van der Waals surface area contributed by atoms with Crippen molar-refractivity contribution in [2.45, 2.75) is 79.2 Å². The first-order chi connectivity index (χ1) is 43.8. The third-order valence-electron chi connectivity index (χ3n) is 15.8. The summed E-state index contributed by atoms with van der Waals surface area (Å²) in [4.78, 5) is 83.9. The molecule has 1 amide bonds. The van der Waals surface area contributed by atoms with Gasteiger partial charge < -0.3 is 57.4 Å². The molecular formula is C60H62N9O20P. The maximum atomic E-state index is 16.8. The van der Waals surface area contributed by atoms with Crippen molar-refractivity contribution in [1.82, 2.24) is 38.6 Å². The molecule has 4 aromatic heterocycles. The molecule has 12 rings (SSSR count). The summed E-state index contributed by atoms with van der Waals surface area (Å²) < 4.78 is 109. The van der Waals surface area contributed by atoms with Crippen molar-refractivity contribution < 1.29 is 75.0 Å². The van der Waals surface area contributed by atoms with Gasteiger partial charge in [-0.2, -0.15) is 0 Å². The lowest BCUT2D eigenvalue weighted by Crippen LogP contribution is -2.47. The van der Waals surface area contributed by atoms with E-state index in [9.17, 15) is 24.0 Å². The van der Waals surface area contributed by atoms with Crippen molar-refractivity contribution in [1.29, 1.82) is 0 Å². The molecule has 29 nitrogen and oxygen atoms in total. The van der Waals surface area contributed by atoms with E-state index in [0.717, 1.165) is 21.3 Å². The standard InChI is InChI=1S/C60H62N9O20P/c1-76-28-40-47(49(80-5)55(84-40)67-26-24-43(70)64-58(67)73)88-90(75,83-30-42-46-50(82-33-81-46)56(86-42)69-32-63-45-52(61-31-62-53(45)69)66-54(72)34-12-8-6-9-13-34)89-48-41(29-77-2)85-57(68-27-25-44(71)65-59(68)74)51(48)87-60(35-14-10-7-11-15-35,36-16-20-38(78-3)21-17-36)37-18-22-39(79-4)23-19-37/h6-27,31-32,40-42,46-51,55-57H,28-30,33H2,1-5H3,(H,64,70,73)(H,65,71,74)(H,61,62,66,72)/t40-,41-,42-,46-,47-,48-,49-,50-,51-,55-,56-,57-,90?/m1/s1. The van der Waals surface area contributed by atoms with Gasteiger partial charge in [0.05, 0.1) is 40.4 Å². The molecule has 90 heavy (non-hydrogen) atoms. The monoisotopic (exact) mass is 1260 g/mol. The Balaban J connectivity index is 0.970. The number of aromatic nitrogens is 8. The molecule has 8 heterocycles. The second-order valence-electron chi connectivity index (χ2n) is 21.1. The number of imidazole rings is 1. The zero-order chi connectivity index (χ0) is 62.7. The Hall–Kier alpha value is -8.39. The number of nitrogens with zero attached hydrogens (tertiary/aromatic N) is 6. The molecule has 4 aliphatic heterocycles. The fraction of sp³-hybridized carbons (Fsp3) is 0.367. The average Bonchev–Trinajstić information content (AvgIpc) is 1.37. The van der Waals surface area contributed by atoms with Crippen LogP contribution in [0.4, 0.5) is 5.82 Å². The number of carbonyl (C=O) groups excluding carboxylic acids is 1. The lowest BCUT2D eigenvalue weighted by atomic mass is 9.79. The first-order valence-corrected chi connectivity index (χ1v) is 29.7. The lowest BCUT2D eigenvalue weighted by molar-refractivity contribution is -0.128. The van der Waals surface area contributed by atoms with Gasteiger partial charge in [0, 0.05) is 51.4 Å². The zero-order valence-corrected chi connectivity index (χ0v) is 49.8. The highest BCUT2D eigenvalue weighted by Gasteiger charge is 2.59. The third kappa shape index (κ3) is 12.1. The number of amides is 1. The van der Waals surface area contributed by atoms with Gasteiger partial charge in [-0.15, -0.1) is 0 Å². The van der Waals surface area contributed by atoms with E-state index >= 15 is 4.57 Å². The van der Waals surface area contributed by atoms with Crippen molar-refractivity contribution in [2.75, 3.05) is 67.5 Å². The zero-order valence-electron chi connectivity index (χ0n) is 48.9. The van der Waals surface area contributed by atoms with Crippen LogP contribution in [0.3, 0.4) is 0 Å². The van der Waals surface area contributed by atoms with Crippen LogP contribution >= 0.6 is 7.82 Å². The Bertz CT molecular complexity index is 4050. The maximum Gasteiger partial charge on any atom is 0.475 e. The molecule has 4 aliphatic rings. The van der Waals surface area contributed by atoms with E-state index in [1.165, 1.54) is 60.6 Å². The first kappa shape index (κ1) is 61.8. The highest BCUT2D eigenvalue weighted by Crippen LogP contribution is 2.58. The van der Waals surface area contributed by atoms with Gasteiger partial charge in [0.25, 0.3) is 17.0 Å². The quantitative estimate of drug-likeness (QED) is 0.0563. The van der Waals surface area contributed by atoms with Gasteiger partial charge in [0.2, 0.25) is 0 Å². The van der Waals surface area contributed by atoms with Crippen LogP contribution in [-0.4, -0.2) is 162 Å². The van der Waals surface area contributed by atoms with Gasteiger partial charge in [0.1, 0.15) is 85.2 Å². The molecule has 4 aromatic carbocycles. The van der Waals surface area contributed by atoms with E-state index in [4.69, 9.17) is 65.7 Å².